The Bertz CT molecular complexity index is 525. The minimum absolute atomic E-state index is 0.247. The molecule has 0 aliphatic rings. The van der Waals surface area contributed by atoms with Crippen LogP contribution in [0.25, 0.3) is 10.9 Å². The van der Waals surface area contributed by atoms with E-state index in [0.29, 0.717) is 6.42 Å². The number of aryl methyl sites for hydroxylation is 1. The van der Waals surface area contributed by atoms with Crippen LogP contribution in [0.1, 0.15) is 37.4 Å². The number of benzene rings is 1. The van der Waals surface area contributed by atoms with Crippen LogP contribution < -0.4 is 0 Å². The molecule has 2 aromatic rings. The van der Waals surface area contributed by atoms with Crippen molar-refractivity contribution in [3.8, 4) is 0 Å². The molecule has 0 aliphatic carbocycles. The maximum Gasteiger partial charge on any atom is 0.130 e. The van der Waals surface area contributed by atoms with Crippen LogP contribution in [0.3, 0.4) is 0 Å². The lowest BCUT2D eigenvalue weighted by atomic mass is 9.93. The molecule has 0 spiro atoms. The fourth-order valence-corrected chi connectivity index (χ4v) is 2.47. The summed E-state index contributed by atoms with van der Waals surface area (Å²) in [6, 6.07) is 8.26. The Balaban J connectivity index is 2.50. The molecule has 0 fully saturated rings. The van der Waals surface area contributed by atoms with Gasteiger partial charge >= 0.3 is 0 Å². The molecule has 1 unspecified atom stereocenters. The highest BCUT2D eigenvalue weighted by Gasteiger charge is 2.15. The first-order chi connectivity index (χ1) is 7.59. The average Bonchev–Trinajstić information content (AvgIpc) is 2.52. The standard InChI is InChI=1S/C14H17NO/c1-9(8-10(2)16)14-11(3)15-13-7-5-4-6-12(13)14/h4-7,9,15H,8H2,1-3H3. The number of hydrogen-bond acceptors (Lipinski definition) is 1. The fraction of sp³-hybridized carbons (Fsp3) is 0.357. The Morgan fingerprint density at radius 3 is 2.75 bits per heavy atom. The van der Waals surface area contributed by atoms with E-state index in [1.54, 1.807) is 6.92 Å². The molecule has 0 radical (unpaired) electrons. The number of hydrogen-bond donors (Lipinski definition) is 1. The molecule has 1 heterocycles. The number of carbonyl (C=O) groups is 1. The molecule has 1 N–H and O–H groups in total. The maximum atomic E-state index is 11.2. The summed E-state index contributed by atoms with van der Waals surface area (Å²) in [5.74, 6) is 0.533. The number of ketones is 1. The van der Waals surface area contributed by atoms with Gasteiger partial charge in [0.25, 0.3) is 0 Å². The number of carbonyl (C=O) groups excluding carboxylic acids is 1. The van der Waals surface area contributed by atoms with Crippen molar-refractivity contribution in [2.75, 3.05) is 0 Å². The zero-order valence-electron chi connectivity index (χ0n) is 10.0. The van der Waals surface area contributed by atoms with Crippen LogP contribution in [0, 0.1) is 6.92 Å². The second kappa shape index (κ2) is 4.12. The van der Waals surface area contributed by atoms with Gasteiger partial charge in [-0.05, 0) is 31.4 Å². The Kier molecular flexibility index (Phi) is 2.82. The minimum atomic E-state index is 0.247. The van der Waals surface area contributed by atoms with Gasteiger partial charge in [-0.15, -0.1) is 0 Å². The highest BCUT2D eigenvalue weighted by molar-refractivity contribution is 5.86. The van der Waals surface area contributed by atoms with Gasteiger partial charge in [-0.1, -0.05) is 25.1 Å². The van der Waals surface area contributed by atoms with Gasteiger partial charge in [0.2, 0.25) is 0 Å². The Morgan fingerprint density at radius 2 is 2.06 bits per heavy atom. The summed E-state index contributed by atoms with van der Waals surface area (Å²) in [6.45, 7) is 5.84. The molecule has 2 rings (SSSR count). The van der Waals surface area contributed by atoms with Crippen LogP contribution in [0.4, 0.5) is 0 Å². The first kappa shape index (κ1) is 10.9. The van der Waals surface area contributed by atoms with Crippen LogP contribution in [0.2, 0.25) is 0 Å². The van der Waals surface area contributed by atoms with Crippen LogP contribution in [-0.4, -0.2) is 10.8 Å². The lowest BCUT2D eigenvalue weighted by Crippen LogP contribution is -2.01. The summed E-state index contributed by atoms with van der Waals surface area (Å²) in [5, 5.41) is 1.24. The Labute approximate surface area is 95.7 Å². The number of aromatic amines is 1. The molecule has 0 saturated carbocycles. The van der Waals surface area contributed by atoms with Gasteiger partial charge in [-0.25, -0.2) is 0 Å². The molecular weight excluding hydrogens is 198 g/mol. The van der Waals surface area contributed by atoms with E-state index >= 15 is 0 Å². The third-order valence-electron chi connectivity index (χ3n) is 3.03. The third-order valence-corrected chi connectivity index (χ3v) is 3.03. The van der Waals surface area contributed by atoms with Crippen LogP contribution in [-0.2, 0) is 4.79 Å². The number of nitrogens with one attached hydrogen (secondary N) is 1. The van der Waals surface area contributed by atoms with E-state index in [1.165, 1.54) is 16.6 Å². The van der Waals surface area contributed by atoms with E-state index in [4.69, 9.17) is 0 Å². The maximum absolute atomic E-state index is 11.2. The molecule has 0 saturated heterocycles. The predicted molar refractivity (Wildman–Crippen MR) is 66.7 cm³/mol. The quantitative estimate of drug-likeness (QED) is 0.834. The summed E-state index contributed by atoms with van der Waals surface area (Å²) in [6.07, 6.45) is 0.614. The predicted octanol–water partition coefficient (Wildman–Crippen LogP) is 3.56. The van der Waals surface area contributed by atoms with Crippen molar-refractivity contribution >= 4 is 16.7 Å². The zero-order valence-corrected chi connectivity index (χ0v) is 10.0. The van der Waals surface area contributed by atoms with Crippen molar-refractivity contribution in [2.24, 2.45) is 0 Å². The lowest BCUT2D eigenvalue weighted by molar-refractivity contribution is -0.117. The number of aromatic nitrogens is 1. The minimum Gasteiger partial charge on any atom is -0.358 e. The first-order valence-electron chi connectivity index (χ1n) is 5.66. The van der Waals surface area contributed by atoms with Gasteiger partial charge in [0.1, 0.15) is 5.78 Å². The van der Waals surface area contributed by atoms with Gasteiger partial charge in [-0.2, -0.15) is 0 Å². The van der Waals surface area contributed by atoms with Crippen molar-refractivity contribution in [1.29, 1.82) is 0 Å². The molecule has 1 aromatic heterocycles. The van der Waals surface area contributed by atoms with E-state index < -0.39 is 0 Å². The van der Waals surface area contributed by atoms with Gasteiger partial charge in [0.05, 0.1) is 0 Å². The van der Waals surface area contributed by atoms with Crippen molar-refractivity contribution in [1.82, 2.24) is 4.98 Å². The molecule has 0 aliphatic heterocycles. The first-order valence-corrected chi connectivity index (χ1v) is 5.66. The third kappa shape index (κ3) is 1.87. The van der Waals surface area contributed by atoms with Crippen molar-refractivity contribution < 1.29 is 4.79 Å². The second-order valence-corrected chi connectivity index (χ2v) is 4.52. The highest BCUT2D eigenvalue weighted by atomic mass is 16.1. The number of H-pyrrole nitrogens is 1. The normalized spacial score (nSPS) is 12.9. The molecule has 84 valence electrons. The fourth-order valence-electron chi connectivity index (χ4n) is 2.47. The van der Waals surface area contributed by atoms with Crippen molar-refractivity contribution in [3.05, 3.63) is 35.5 Å². The van der Waals surface area contributed by atoms with Crippen molar-refractivity contribution in [2.45, 2.75) is 33.1 Å². The molecule has 1 aromatic carbocycles. The van der Waals surface area contributed by atoms with Gasteiger partial charge in [-0.3, -0.25) is 0 Å². The van der Waals surface area contributed by atoms with Gasteiger partial charge < -0.3 is 9.78 Å². The number of fused-ring (bicyclic) bond motifs is 1. The molecule has 2 nitrogen and oxygen atoms in total. The summed E-state index contributed by atoms with van der Waals surface area (Å²) >= 11 is 0. The van der Waals surface area contributed by atoms with E-state index in [-0.39, 0.29) is 11.7 Å². The Morgan fingerprint density at radius 1 is 1.38 bits per heavy atom. The summed E-state index contributed by atoms with van der Waals surface area (Å²) in [7, 11) is 0. The number of rotatable bonds is 3. The van der Waals surface area contributed by atoms with Gasteiger partial charge in [0, 0.05) is 23.0 Å². The number of Topliss-reactive ketones (excluding diaryl/α,β-unsaturated/α-hetero) is 1. The van der Waals surface area contributed by atoms with Crippen LogP contribution in [0.15, 0.2) is 24.3 Å². The molecular formula is C14H17NO. The number of para-hydroxylation sites is 1. The summed E-state index contributed by atoms with van der Waals surface area (Å²) < 4.78 is 0. The summed E-state index contributed by atoms with van der Waals surface area (Å²) in [5.41, 5.74) is 3.62. The zero-order chi connectivity index (χ0) is 11.7. The molecule has 0 bridgehead atoms. The molecule has 1 atom stereocenters. The second-order valence-electron chi connectivity index (χ2n) is 4.52. The summed E-state index contributed by atoms with van der Waals surface area (Å²) in [4.78, 5) is 14.6. The van der Waals surface area contributed by atoms with E-state index in [0.717, 1.165) is 5.52 Å². The van der Waals surface area contributed by atoms with E-state index in [1.807, 2.05) is 12.1 Å². The van der Waals surface area contributed by atoms with E-state index in [2.05, 4.69) is 31.0 Å². The largest absolute Gasteiger partial charge is 0.358 e. The SMILES string of the molecule is CC(=O)CC(C)c1c(C)[nH]c2ccccc12. The molecule has 16 heavy (non-hydrogen) atoms. The van der Waals surface area contributed by atoms with E-state index in [9.17, 15) is 4.79 Å². The molecule has 2 heteroatoms. The van der Waals surface area contributed by atoms with Crippen LogP contribution >= 0.6 is 0 Å². The smallest absolute Gasteiger partial charge is 0.130 e. The van der Waals surface area contributed by atoms with Crippen molar-refractivity contribution in [3.63, 3.8) is 0 Å². The Hall–Kier alpha value is -1.57. The topological polar surface area (TPSA) is 32.9 Å². The average molecular weight is 215 g/mol. The molecule has 0 amide bonds. The monoisotopic (exact) mass is 215 g/mol. The lowest BCUT2D eigenvalue weighted by Gasteiger charge is -2.09. The van der Waals surface area contributed by atoms with Crippen LogP contribution in [0.5, 0.6) is 0 Å². The van der Waals surface area contributed by atoms with Gasteiger partial charge in [0.15, 0.2) is 0 Å². The highest BCUT2D eigenvalue weighted by Crippen LogP contribution is 2.30.